The van der Waals surface area contributed by atoms with Crippen LogP contribution in [-0.2, 0) is 14.8 Å². The van der Waals surface area contributed by atoms with Crippen molar-refractivity contribution in [1.29, 1.82) is 0 Å². The fourth-order valence-electron chi connectivity index (χ4n) is 3.18. The zero-order chi connectivity index (χ0) is 20.7. The fraction of sp³-hybridized carbons (Fsp3) is 0.333. The Morgan fingerprint density at radius 2 is 1.79 bits per heavy atom. The minimum atomic E-state index is -3.51. The van der Waals surface area contributed by atoms with Gasteiger partial charge in [-0.1, -0.05) is 18.2 Å². The van der Waals surface area contributed by atoms with Crippen molar-refractivity contribution in [2.45, 2.75) is 24.7 Å². The number of hydrogen-bond donors (Lipinski definition) is 1. The third kappa shape index (κ3) is 5.42. The topological polar surface area (TPSA) is 88.1 Å². The van der Waals surface area contributed by atoms with Crippen molar-refractivity contribution < 1.29 is 17.9 Å². The molecule has 1 fully saturated rings. The summed E-state index contributed by atoms with van der Waals surface area (Å²) < 4.78 is 32.1. The molecule has 1 aliphatic heterocycles. The van der Waals surface area contributed by atoms with E-state index in [2.05, 4.69) is 10.5 Å². The van der Waals surface area contributed by atoms with Crippen molar-refractivity contribution in [3.63, 3.8) is 0 Å². The Labute approximate surface area is 171 Å². The molecule has 1 aliphatic rings. The maximum atomic E-state index is 12.7. The summed E-state index contributed by atoms with van der Waals surface area (Å²) in [6.45, 7) is 3.16. The van der Waals surface area contributed by atoms with Gasteiger partial charge in [-0.25, -0.2) is 13.8 Å². The first-order valence-corrected chi connectivity index (χ1v) is 11.1. The zero-order valence-electron chi connectivity index (χ0n) is 16.3. The van der Waals surface area contributed by atoms with Gasteiger partial charge in [0, 0.05) is 19.0 Å². The third-order valence-corrected chi connectivity index (χ3v) is 6.70. The van der Waals surface area contributed by atoms with Crippen LogP contribution in [0.5, 0.6) is 5.75 Å². The molecule has 0 atom stereocenters. The lowest BCUT2D eigenvalue weighted by Crippen LogP contribution is -2.42. The Balaban J connectivity index is 1.50. The summed E-state index contributed by atoms with van der Waals surface area (Å²) in [4.78, 5) is 12.6. The highest BCUT2D eigenvalue weighted by Gasteiger charge is 2.31. The molecule has 3 rings (SSSR count). The van der Waals surface area contributed by atoms with E-state index in [4.69, 9.17) is 4.74 Å². The lowest BCUT2D eigenvalue weighted by Gasteiger charge is -2.30. The van der Waals surface area contributed by atoms with Gasteiger partial charge < -0.3 is 4.74 Å². The van der Waals surface area contributed by atoms with E-state index in [9.17, 15) is 13.2 Å². The number of piperidine rings is 1. The molecule has 1 amide bonds. The molecule has 1 saturated heterocycles. The standard InChI is InChI=1S/C21H25N3O4S/c1-2-28-19-10-8-17(9-11-19)16-22-23-21(25)18-12-14-24(15-13-18)29(26,27)20-6-4-3-5-7-20/h3-11,16,18H,2,12-15H2,1H3,(H,23,25)/b22-16-. The maximum Gasteiger partial charge on any atom is 0.243 e. The smallest absolute Gasteiger partial charge is 0.243 e. The number of nitrogens with one attached hydrogen (secondary N) is 1. The van der Waals surface area contributed by atoms with E-state index < -0.39 is 10.0 Å². The van der Waals surface area contributed by atoms with E-state index in [0.29, 0.717) is 32.5 Å². The van der Waals surface area contributed by atoms with E-state index in [1.54, 1.807) is 36.5 Å². The molecule has 2 aromatic rings. The molecule has 154 valence electrons. The van der Waals surface area contributed by atoms with Crippen LogP contribution in [0, 0.1) is 5.92 Å². The average molecular weight is 416 g/mol. The summed E-state index contributed by atoms with van der Waals surface area (Å²) in [6, 6.07) is 15.8. The minimum Gasteiger partial charge on any atom is -0.494 e. The summed E-state index contributed by atoms with van der Waals surface area (Å²) in [5, 5.41) is 4.01. The molecule has 8 heteroatoms. The van der Waals surface area contributed by atoms with Gasteiger partial charge in [-0.15, -0.1) is 0 Å². The quantitative estimate of drug-likeness (QED) is 0.556. The number of nitrogens with zero attached hydrogens (tertiary/aromatic N) is 2. The van der Waals surface area contributed by atoms with Gasteiger partial charge in [0.1, 0.15) is 5.75 Å². The summed E-state index contributed by atoms with van der Waals surface area (Å²) >= 11 is 0. The van der Waals surface area contributed by atoms with E-state index in [1.807, 2.05) is 31.2 Å². The Bertz CT molecular complexity index is 936. The van der Waals surface area contributed by atoms with Crippen LogP contribution in [0.2, 0.25) is 0 Å². The van der Waals surface area contributed by atoms with Gasteiger partial charge in [0.25, 0.3) is 0 Å². The molecular weight excluding hydrogens is 390 g/mol. The molecule has 0 aromatic heterocycles. The maximum absolute atomic E-state index is 12.7. The lowest BCUT2D eigenvalue weighted by atomic mass is 9.98. The normalized spacial score (nSPS) is 16.0. The Morgan fingerprint density at radius 1 is 1.14 bits per heavy atom. The number of carbonyl (C=O) groups excluding carboxylic acids is 1. The van der Waals surface area contributed by atoms with Crippen LogP contribution in [0.25, 0.3) is 0 Å². The predicted molar refractivity (Wildman–Crippen MR) is 111 cm³/mol. The number of carbonyl (C=O) groups is 1. The molecule has 0 saturated carbocycles. The molecule has 1 N–H and O–H groups in total. The van der Waals surface area contributed by atoms with Crippen LogP contribution >= 0.6 is 0 Å². The van der Waals surface area contributed by atoms with Crippen LogP contribution in [0.15, 0.2) is 64.6 Å². The second-order valence-electron chi connectivity index (χ2n) is 6.73. The number of hydrogen-bond acceptors (Lipinski definition) is 5. The van der Waals surface area contributed by atoms with Crippen molar-refractivity contribution in [3.05, 3.63) is 60.2 Å². The van der Waals surface area contributed by atoms with Crippen LogP contribution in [0.4, 0.5) is 0 Å². The number of sulfonamides is 1. The van der Waals surface area contributed by atoms with E-state index in [-0.39, 0.29) is 16.7 Å². The summed E-state index contributed by atoms with van der Waals surface area (Å²) in [5.74, 6) is 0.338. The molecule has 2 aromatic carbocycles. The van der Waals surface area contributed by atoms with E-state index >= 15 is 0 Å². The third-order valence-electron chi connectivity index (χ3n) is 4.79. The van der Waals surface area contributed by atoms with Gasteiger partial charge in [0.15, 0.2) is 0 Å². The predicted octanol–water partition coefficient (Wildman–Crippen LogP) is 2.64. The van der Waals surface area contributed by atoms with Crippen molar-refractivity contribution in [2.75, 3.05) is 19.7 Å². The highest BCUT2D eigenvalue weighted by Crippen LogP contribution is 2.23. The summed E-state index contributed by atoms with van der Waals surface area (Å²) in [7, 11) is -3.51. The Kier molecular flexibility index (Phi) is 7.00. The van der Waals surface area contributed by atoms with Crippen LogP contribution in [-0.4, -0.2) is 44.5 Å². The molecule has 0 spiro atoms. The average Bonchev–Trinajstić information content (AvgIpc) is 2.76. The summed E-state index contributed by atoms with van der Waals surface area (Å²) in [5.41, 5.74) is 3.40. The molecule has 0 radical (unpaired) electrons. The van der Waals surface area contributed by atoms with Gasteiger partial charge in [0.2, 0.25) is 15.9 Å². The van der Waals surface area contributed by atoms with Crippen LogP contribution < -0.4 is 10.2 Å². The van der Waals surface area contributed by atoms with Crippen molar-refractivity contribution in [3.8, 4) is 5.75 Å². The molecule has 0 unspecified atom stereocenters. The Morgan fingerprint density at radius 3 is 2.41 bits per heavy atom. The van der Waals surface area contributed by atoms with Crippen molar-refractivity contribution >= 4 is 22.1 Å². The highest BCUT2D eigenvalue weighted by atomic mass is 32.2. The Hall–Kier alpha value is -2.71. The number of ether oxygens (including phenoxy) is 1. The van der Waals surface area contributed by atoms with Gasteiger partial charge >= 0.3 is 0 Å². The molecule has 1 heterocycles. The molecule has 0 aliphatic carbocycles. The lowest BCUT2D eigenvalue weighted by molar-refractivity contribution is -0.126. The minimum absolute atomic E-state index is 0.191. The first kappa shape index (κ1) is 21.0. The number of benzene rings is 2. The largest absolute Gasteiger partial charge is 0.494 e. The van der Waals surface area contributed by atoms with Crippen molar-refractivity contribution in [2.24, 2.45) is 11.0 Å². The second kappa shape index (κ2) is 9.67. The summed E-state index contributed by atoms with van der Waals surface area (Å²) in [6.07, 6.45) is 2.51. The van der Waals surface area contributed by atoms with Gasteiger partial charge in [-0.05, 0) is 61.7 Å². The molecular formula is C21H25N3O4S. The van der Waals surface area contributed by atoms with E-state index in [1.165, 1.54) is 4.31 Å². The molecule has 7 nitrogen and oxygen atoms in total. The van der Waals surface area contributed by atoms with Crippen LogP contribution in [0.3, 0.4) is 0 Å². The second-order valence-corrected chi connectivity index (χ2v) is 8.67. The highest BCUT2D eigenvalue weighted by molar-refractivity contribution is 7.89. The van der Waals surface area contributed by atoms with Crippen LogP contribution in [0.1, 0.15) is 25.3 Å². The van der Waals surface area contributed by atoms with Crippen molar-refractivity contribution in [1.82, 2.24) is 9.73 Å². The zero-order valence-corrected chi connectivity index (χ0v) is 17.1. The van der Waals surface area contributed by atoms with Gasteiger partial charge in [-0.2, -0.15) is 9.41 Å². The monoisotopic (exact) mass is 415 g/mol. The first-order chi connectivity index (χ1) is 14.0. The molecule has 0 bridgehead atoms. The number of hydrazone groups is 1. The number of rotatable bonds is 7. The fourth-order valence-corrected chi connectivity index (χ4v) is 4.67. The van der Waals surface area contributed by atoms with Gasteiger partial charge in [-0.3, -0.25) is 4.79 Å². The molecule has 29 heavy (non-hydrogen) atoms. The number of amides is 1. The van der Waals surface area contributed by atoms with E-state index in [0.717, 1.165) is 11.3 Å². The SMILES string of the molecule is CCOc1ccc(/C=N\NC(=O)C2CCN(S(=O)(=O)c3ccccc3)CC2)cc1. The first-order valence-electron chi connectivity index (χ1n) is 9.61. The van der Waals surface area contributed by atoms with Gasteiger partial charge in [0.05, 0.1) is 17.7 Å².